The van der Waals surface area contributed by atoms with Crippen LogP contribution in [0.5, 0.6) is 0 Å². The summed E-state index contributed by atoms with van der Waals surface area (Å²) < 4.78 is 37.7. The second-order valence-corrected chi connectivity index (χ2v) is 7.46. The topological polar surface area (TPSA) is 60.9 Å². The molecule has 136 valence electrons. The van der Waals surface area contributed by atoms with Crippen LogP contribution in [-0.2, 0) is 9.59 Å². The zero-order chi connectivity index (χ0) is 17.5. The Morgan fingerprint density at radius 2 is 1.92 bits per heavy atom. The van der Waals surface area contributed by atoms with Gasteiger partial charge in [-0.2, -0.15) is 13.2 Å². The molecule has 1 saturated carbocycles. The van der Waals surface area contributed by atoms with Crippen LogP contribution in [0.25, 0.3) is 0 Å². The van der Waals surface area contributed by atoms with Crippen LogP contribution in [0.15, 0.2) is 0 Å². The lowest BCUT2D eigenvalue weighted by Gasteiger charge is -2.34. The number of halogens is 3. The lowest BCUT2D eigenvalue weighted by Crippen LogP contribution is -2.47. The van der Waals surface area contributed by atoms with E-state index in [4.69, 9.17) is 0 Å². The van der Waals surface area contributed by atoms with Crippen molar-refractivity contribution in [3.05, 3.63) is 0 Å². The summed E-state index contributed by atoms with van der Waals surface area (Å²) in [6, 6.07) is 0. The van der Waals surface area contributed by atoms with Crippen molar-refractivity contribution >= 4 is 11.9 Å². The fourth-order valence-electron chi connectivity index (χ4n) is 4.72. The predicted octanol–water partition coefficient (Wildman–Crippen LogP) is 1.97. The molecule has 0 aromatic rings. The zero-order valence-corrected chi connectivity index (χ0v) is 13.5. The summed E-state index contributed by atoms with van der Waals surface area (Å²) in [5.41, 5.74) is -0.837. The number of alkyl halides is 3. The first-order valence-electron chi connectivity index (χ1n) is 8.52. The molecule has 3 rings (SSSR count). The lowest BCUT2D eigenvalue weighted by atomic mass is 9.81. The quantitative estimate of drug-likeness (QED) is 0.847. The third-order valence-corrected chi connectivity index (χ3v) is 5.87. The largest absolute Gasteiger partial charge is 0.481 e. The molecule has 0 bridgehead atoms. The van der Waals surface area contributed by atoms with E-state index in [1.54, 1.807) is 4.90 Å². The van der Waals surface area contributed by atoms with Gasteiger partial charge in [0.1, 0.15) is 0 Å². The van der Waals surface area contributed by atoms with E-state index >= 15 is 0 Å². The maximum atomic E-state index is 12.7. The summed E-state index contributed by atoms with van der Waals surface area (Å²) >= 11 is 0. The van der Waals surface area contributed by atoms with Crippen molar-refractivity contribution in [2.75, 3.05) is 32.7 Å². The molecule has 0 radical (unpaired) electrons. The Kier molecular flexibility index (Phi) is 4.53. The van der Waals surface area contributed by atoms with Gasteiger partial charge in [0.2, 0.25) is 5.91 Å². The van der Waals surface area contributed by atoms with Crippen LogP contribution in [0.1, 0.15) is 32.1 Å². The number of likely N-dealkylation sites (tertiary alicyclic amines) is 2. The van der Waals surface area contributed by atoms with Crippen molar-refractivity contribution in [3.63, 3.8) is 0 Å². The lowest BCUT2D eigenvalue weighted by molar-refractivity contribution is -0.155. The molecule has 0 spiro atoms. The van der Waals surface area contributed by atoms with E-state index in [0.29, 0.717) is 32.4 Å². The molecule has 1 N–H and O–H groups in total. The molecule has 24 heavy (non-hydrogen) atoms. The molecule has 2 saturated heterocycles. The number of amides is 1. The predicted molar refractivity (Wildman–Crippen MR) is 79.2 cm³/mol. The Morgan fingerprint density at radius 3 is 2.54 bits per heavy atom. The van der Waals surface area contributed by atoms with E-state index in [2.05, 4.69) is 0 Å². The molecule has 3 aliphatic rings. The van der Waals surface area contributed by atoms with Gasteiger partial charge in [-0.25, -0.2) is 0 Å². The number of carbonyl (C=O) groups excluding carboxylic acids is 1. The Balaban J connectivity index is 1.64. The van der Waals surface area contributed by atoms with Gasteiger partial charge in [-0.3, -0.25) is 14.5 Å². The van der Waals surface area contributed by atoms with Gasteiger partial charge in [-0.05, 0) is 38.1 Å². The highest BCUT2D eigenvalue weighted by Crippen LogP contribution is 2.49. The van der Waals surface area contributed by atoms with Crippen LogP contribution in [0.3, 0.4) is 0 Å². The van der Waals surface area contributed by atoms with Crippen molar-refractivity contribution < 1.29 is 27.9 Å². The van der Waals surface area contributed by atoms with Crippen LogP contribution >= 0.6 is 0 Å². The Bertz CT molecular complexity index is 525. The van der Waals surface area contributed by atoms with Gasteiger partial charge in [0, 0.05) is 19.6 Å². The number of nitrogens with zero attached hydrogens (tertiary/aromatic N) is 2. The van der Waals surface area contributed by atoms with Crippen molar-refractivity contribution in [1.82, 2.24) is 9.80 Å². The van der Waals surface area contributed by atoms with E-state index < -0.39 is 30.0 Å². The van der Waals surface area contributed by atoms with Crippen LogP contribution in [0, 0.1) is 17.3 Å². The van der Waals surface area contributed by atoms with Crippen molar-refractivity contribution in [1.29, 1.82) is 0 Å². The molecular formula is C16H23F3N2O3. The van der Waals surface area contributed by atoms with E-state index in [0.717, 1.165) is 12.8 Å². The zero-order valence-electron chi connectivity index (χ0n) is 13.5. The molecule has 1 aliphatic carbocycles. The SMILES string of the molecule is O=C(C1CCCN(CC(F)(F)F)C1)N1C[C@@H]2CCC[C@@]2(C(=O)O)C1. The van der Waals surface area contributed by atoms with Gasteiger partial charge in [0.15, 0.2) is 0 Å². The minimum atomic E-state index is -4.26. The number of hydrogen-bond donors (Lipinski definition) is 1. The minimum Gasteiger partial charge on any atom is -0.481 e. The molecule has 2 aliphatic heterocycles. The van der Waals surface area contributed by atoms with Crippen molar-refractivity contribution in [2.45, 2.75) is 38.3 Å². The highest BCUT2D eigenvalue weighted by Gasteiger charge is 2.56. The fraction of sp³-hybridized carbons (Fsp3) is 0.875. The van der Waals surface area contributed by atoms with E-state index in [9.17, 15) is 27.9 Å². The normalized spacial score (nSPS) is 34.4. The maximum Gasteiger partial charge on any atom is 0.401 e. The standard InChI is InChI=1S/C16H23F3N2O3/c17-16(18,19)10-20-6-2-3-11(7-20)13(22)21-8-12-4-1-5-15(12,9-21)14(23)24/h11-12H,1-10H2,(H,23,24)/t11?,12-,15+/m0/s1. The van der Waals surface area contributed by atoms with Gasteiger partial charge in [0.25, 0.3) is 0 Å². The molecule has 3 fully saturated rings. The van der Waals surface area contributed by atoms with Gasteiger partial charge in [-0.15, -0.1) is 0 Å². The first kappa shape index (κ1) is 17.5. The number of piperidine rings is 1. The first-order valence-corrected chi connectivity index (χ1v) is 8.52. The number of rotatable bonds is 3. The van der Waals surface area contributed by atoms with Crippen LogP contribution in [0.4, 0.5) is 13.2 Å². The summed E-state index contributed by atoms with van der Waals surface area (Å²) in [7, 11) is 0. The summed E-state index contributed by atoms with van der Waals surface area (Å²) in [4.78, 5) is 27.3. The van der Waals surface area contributed by atoms with Crippen molar-refractivity contribution in [3.8, 4) is 0 Å². The van der Waals surface area contributed by atoms with Gasteiger partial charge >= 0.3 is 12.1 Å². The van der Waals surface area contributed by atoms with Crippen molar-refractivity contribution in [2.24, 2.45) is 17.3 Å². The Morgan fingerprint density at radius 1 is 1.17 bits per heavy atom. The molecule has 5 nitrogen and oxygen atoms in total. The Labute approximate surface area is 138 Å². The molecule has 1 unspecified atom stereocenters. The molecule has 0 aromatic carbocycles. The molecule has 3 atom stereocenters. The van der Waals surface area contributed by atoms with E-state index in [-0.39, 0.29) is 24.9 Å². The monoisotopic (exact) mass is 348 g/mol. The third kappa shape index (κ3) is 3.25. The van der Waals surface area contributed by atoms with Crippen LogP contribution in [0.2, 0.25) is 0 Å². The van der Waals surface area contributed by atoms with E-state index in [1.165, 1.54) is 4.90 Å². The van der Waals surface area contributed by atoms with E-state index in [1.807, 2.05) is 0 Å². The summed E-state index contributed by atoms with van der Waals surface area (Å²) in [6.45, 7) is 0.117. The second-order valence-electron chi connectivity index (χ2n) is 7.46. The van der Waals surface area contributed by atoms with Crippen LogP contribution < -0.4 is 0 Å². The molecule has 1 amide bonds. The molecule has 0 aromatic heterocycles. The molecule has 2 heterocycles. The van der Waals surface area contributed by atoms with Gasteiger partial charge in [0.05, 0.1) is 17.9 Å². The Hall–Kier alpha value is -1.31. The number of carbonyl (C=O) groups is 2. The smallest absolute Gasteiger partial charge is 0.401 e. The molecular weight excluding hydrogens is 325 g/mol. The highest BCUT2D eigenvalue weighted by molar-refractivity contribution is 5.83. The van der Waals surface area contributed by atoms with Gasteiger partial charge < -0.3 is 10.0 Å². The number of carboxylic acid groups (broad SMARTS) is 1. The summed E-state index contributed by atoms with van der Waals surface area (Å²) in [5, 5.41) is 9.58. The van der Waals surface area contributed by atoms with Gasteiger partial charge in [-0.1, -0.05) is 6.42 Å². The number of aliphatic carboxylic acids is 1. The molecule has 8 heteroatoms. The number of carboxylic acids is 1. The third-order valence-electron chi connectivity index (χ3n) is 5.87. The fourth-order valence-corrected chi connectivity index (χ4v) is 4.72. The average molecular weight is 348 g/mol. The van der Waals surface area contributed by atoms with Crippen LogP contribution in [-0.4, -0.2) is 65.7 Å². The maximum absolute atomic E-state index is 12.7. The number of fused-ring (bicyclic) bond motifs is 1. The first-order chi connectivity index (χ1) is 11.2. The minimum absolute atomic E-state index is 0.0196. The average Bonchev–Trinajstić information content (AvgIpc) is 3.02. The summed E-state index contributed by atoms with van der Waals surface area (Å²) in [6.07, 6.45) is -0.865. The number of hydrogen-bond acceptors (Lipinski definition) is 3. The highest BCUT2D eigenvalue weighted by atomic mass is 19.4. The second kappa shape index (κ2) is 6.20. The summed E-state index contributed by atoms with van der Waals surface area (Å²) in [5.74, 6) is -1.49.